The third-order valence-electron chi connectivity index (χ3n) is 4.64. The summed E-state index contributed by atoms with van der Waals surface area (Å²) in [5.41, 5.74) is 2.52. The summed E-state index contributed by atoms with van der Waals surface area (Å²) in [5.74, 6) is 1.77. The maximum Gasteiger partial charge on any atom is 0.125 e. The Labute approximate surface area is 133 Å². The topological polar surface area (TPSA) is 33.1 Å². The van der Waals surface area contributed by atoms with Gasteiger partial charge >= 0.3 is 0 Å². The fraction of sp³-hybridized carbons (Fsp3) is 0.500. The number of nitrogens with one attached hydrogen (secondary N) is 1. The summed E-state index contributed by atoms with van der Waals surface area (Å²) >= 11 is 0. The van der Waals surface area contributed by atoms with Gasteiger partial charge in [0.15, 0.2) is 0 Å². The van der Waals surface area contributed by atoms with E-state index in [1.54, 1.807) is 0 Å². The fourth-order valence-electron chi connectivity index (χ4n) is 3.01. The zero-order chi connectivity index (χ0) is 15.4. The number of hydrogen-bond acceptors (Lipinski definition) is 3. The molecule has 118 valence electrons. The first kappa shape index (κ1) is 15.1. The molecule has 3 rings (SSSR count). The smallest absolute Gasteiger partial charge is 0.125 e. The zero-order valence-corrected chi connectivity index (χ0v) is 13.6. The summed E-state index contributed by atoms with van der Waals surface area (Å²) in [7, 11) is 2.20. The van der Waals surface area contributed by atoms with Crippen LogP contribution in [0.25, 0.3) is 0 Å². The van der Waals surface area contributed by atoms with E-state index in [9.17, 15) is 0 Å². The molecule has 1 aliphatic heterocycles. The van der Waals surface area contributed by atoms with E-state index in [4.69, 9.17) is 0 Å². The van der Waals surface area contributed by atoms with Gasteiger partial charge in [-0.2, -0.15) is 0 Å². The van der Waals surface area contributed by atoms with Crippen molar-refractivity contribution < 1.29 is 0 Å². The van der Waals surface area contributed by atoms with Gasteiger partial charge < -0.3 is 14.8 Å². The fourth-order valence-corrected chi connectivity index (χ4v) is 3.01. The molecule has 0 amide bonds. The first-order valence-corrected chi connectivity index (χ1v) is 8.20. The summed E-state index contributed by atoms with van der Waals surface area (Å²) in [6.45, 7) is 6.49. The molecule has 0 radical (unpaired) electrons. The molecule has 0 unspecified atom stereocenters. The molecule has 2 aromatic heterocycles. The normalized spacial score (nSPS) is 16.8. The van der Waals surface area contributed by atoms with Crippen LogP contribution in [0.1, 0.15) is 24.1 Å². The molecule has 4 nitrogen and oxygen atoms in total. The lowest BCUT2D eigenvalue weighted by atomic mass is 9.97. The number of anilines is 1. The van der Waals surface area contributed by atoms with Crippen LogP contribution in [0, 0.1) is 12.8 Å². The lowest BCUT2D eigenvalue weighted by Gasteiger charge is -2.29. The molecule has 0 spiro atoms. The van der Waals surface area contributed by atoms with Gasteiger partial charge in [-0.05, 0) is 69.6 Å². The van der Waals surface area contributed by atoms with Crippen LogP contribution >= 0.6 is 0 Å². The molecule has 0 aliphatic carbocycles. The van der Waals surface area contributed by atoms with Gasteiger partial charge in [-0.15, -0.1) is 0 Å². The standard InChI is InChI=1S/C18H26N4/c1-15-4-3-9-22(15)14-17-5-6-18(20-13-17)19-12-16-7-10-21(2)11-8-16/h3-6,9,13,16H,7-8,10-12,14H2,1-2H3,(H,19,20). The second-order valence-corrected chi connectivity index (χ2v) is 6.46. The van der Waals surface area contributed by atoms with E-state index < -0.39 is 0 Å². The molecule has 1 fully saturated rings. The van der Waals surface area contributed by atoms with Gasteiger partial charge in [0.05, 0.1) is 0 Å². The summed E-state index contributed by atoms with van der Waals surface area (Å²) in [4.78, 5) is 6.96. The van der Waals surface area contributed by atoms with E-state index in [0.717, 1.165) is 24.8 Å². The Morgan fingerprint density at radius 1 is 1.23 bits per heavy atom. The predicted molar refractivity (Wildman–Crippen MR) is 91.2 cm³/mol. The van der Waals surface area contributed by atoms with Crippen molar-refractivity contribution in [1.82, 2.24) is 14.5 Å². The average molecular weight is 298 g/mol. The minimum absolute atomic E-state index is 0.778. The summed E-state index contributed by atoms with van der Waals surface area (Å²) < 4.78 is 2.24. The van der Waals surface area contributed by atoms with E-state index in [-0.39, 0.29) is 0 Å². The van der Waals surface area contributed by atoms with Crippen molar-refractivity contribution in [2.75, 3.05) is 32.0 Å². The summed E-state index contributed by atoms with van der Waals surface area (Å²) in [5, 5.41) is 3.49. The van der Waals surface area contributed by atoms with Crippen molar-refractivity contribution >= 4 is 5.82 Å². The second-order valence-electron chi connectivity index (χ2n) is 6.46. The molecule has 1 N–H and O–H groups in total. The van der Waals surface area contributed by atoms with Crippen molar-refractivity contribution in [2.24, 2.45) is 5.92 Å². The van der Waals surface area contributed by atoms with Crippen LogP contribution in [0.2, 0.25) is 0 Å². The number of hydrogen-bond donors (Lipinski definition) is 1. The first-order valence-electron chi connectivity index (χ1n) is 8.20. The third-order valence-corrected chi connectivity index (χ3v) is 4.64. The number of likely N-dealkylation sites (tertiary alicyclic amines) is 1. The van der Waals surface area contributed by atoms with Gasteiger partial charge in [-0.1, -0.05) is 6.07 Å². The van der Waals surface area contributed by atoms with Crippen LogP contribution < -0.4 is 5.32 Å². The highest BCUT2D eigenvalue weighted by Gasteiger charge is 2.16. The Balaban J connectivity index is 1.50. The molecule has 0 bridgehead atoms. The molecular weight excluding hydrogens is 272 g/mol. The zero-order valence-electron chi connectivity index (χ0n) is 13.6. The number of piperidine rings is 1. The minimum atomic E-state index is 0.778. The lowest BCUT2D eigenvalue weighted by molar-refractivity contribution is 0.226. The van der Waals surface area contributed by atoms with E-state index in [1.807, 2.05) is 6.20 Å². The Hall–Kier alpha value is -1.81. The van der Waals surface area contributed by atoms with Crippen LogP contribution in [0.15, 0.2) is 36.7 Å². The largest absolute Gasteiger partial charge is 0.370 e. The SMILES string of the molecule is Cc1cccn1Cc1ccc(NCC2CCN(C)CC2)nc1. The highest BCUT2D eigenvalue weighted by Crippen LogP contribution is 2.17. The molecule has 1 saturated heterocycles. The number of rotatable bonds is 5. The molecule has 1 aliphatic rings. The molecule has 3 heterocycles. The summed E-state index contributed by atoms with van der Waals surface area (Å²) in [6, 6.07) is 8.48. The van der Waals surface area contributed by atoms with Crippen LogP contribution in [0.4, 0.5) is 5.82 Å². The molecule has 4 heteroatoms. The van der Waals surface area contributed by atoms with E-state index >= 15 is 0 Å². The molecule has 22 heavy (non-hydrogen) atoms. The molecular formula is C18H26N4. The van der Waals surface area contributed by atoms with Crippen LogP contribution in [0.5, 0.6) is 0 Å². The van der Waals surface area contributed by atoms with Crippen molar-refractivity contribution in [2.45, 2.75) is 26.3 Å². The van der Waals surface area contributed by atoms with E-state index in [1.165, 1.54) is 37.2 Å². The molecule has 0 atom stereocenters. The van der Waals surface area contributed by atoms with Crippen LogP contribution in [-0.2, 0) is 6.54 Å². The minimum Gasteiger partial charge on any atom is -0.370 e. The Morgan fingerprint density at radius 2 is 2.05 bits per heavy atom. The van der Waals surface area contributed by atoms with Crippen LogP contribution in [-0.4, -0.2) is 41.1 Å². The molecule has 0 aromatic carbocycles. The van der Waals surface area contributed by atoms with Crippen molar-refractivity contribution in [3.05, 3.63) is 47.9 Å². The van der Waals surface area contributed by atoms with Crippen molar-refractivity contribution in [1.29, 1.82) is 0 Å². The van der Waals surface area contributed by atoms with Gasteiger partial charge in [0, 0.05) is 31.2 Å². The van der Waals surface area contributed by atoms with Crippen LogP contribution in [0.3, 0.4) is 0 Å². The monoisotopic (exact) mass is 298 g/mol. The maximum absolute atomic E-state index is 4.55. The summed E-state index contributed by atoms with van der Waals surface area (Å²) in [6.07, 6.45) is 6.67. The van der Waals surface area contributed by atoms with Gasteiger partial charge in [0.25, 0.3) is 0 Å². The molecule has 0 saturated carbocycles. The van der Waals surface area contributed by atoms with Gasteiger partial charge in [-0.25, -0.2) is 4.98 Å². The number of nitrogens with zero attached hydrogens (tertiary/aromatic N) is 3. The Bertz CT molecular complexity index is 579. The Morgan fingerprint density at radius 3 is 2.68 bits per heavy atom. The van der Waals surface area contributed by atoms with Gasteiger partial charge in [0.1, 0.15) is 5.82 Å². The van der Waals surface area contributed by atoms with Crippen molar-refractivity contribution in [3.63, 3.8) is 0 Å². The number of aryl methyl sites for hydroxylation is 1. The Kier molecular flexibility index (Phi) is 4.78. The van der Waals surface area contributed by atoms with Crippen molar-refractivity contribution in [3.8, 4) is 0 Å². The molecule has 2 aromatic rings. The predicted octanol–water partition coefficient (Wildman–Crippen LogP) is 2.99. The quantitative estimate of drug-likeness (QED) is 0.921. The average Bonchev–Trinajstić information content (AvgIpc) is 2.93. The second kappa shape index (κ2) is 6.97. The third kappa shape index (κ3) is 3.89. The van der Waals surface area contributed by atoms with E-state index in [0.29, 0.717) is 0 Å². The first-order chi connectivity index (χ1) is 10.7. The van der Waals surface area contributed by atoms with Gasteiger partial charge in [0.2, 0.25) is 0 Å². The van der Waals surface area contributed by atoms with Gasteiger partial charge in [-0.3, -0.25) is 0 Å². The number of pyridine rings is 1. The lowest BCUT2D eigenvalue weighted by Crippen LogP contribution is -2.33. The highest BCUT2D eigenvalue weighted by molar-refractivity contribution is 5.35. The van der Waals surface area contributed by atoms with E-state index in [2.05, 4.69) is 64.2 Å². The maximum atomic E-state index is 4.55. The number of aromatic nitrogens is 2. The highest BCUT2D eigenvalue weighted by atomic mass is 15.1.